The SMILES string of the molecule is CCCC(=O)N(CC)C1(/C(C)=C/C(C)c2c(CC)cc(C)cc2OC)CCN(Cc2ccc(CC)s2)CC1. The van der Waals surface area contributed by atoms with Gasteiger partial charge in [-0.15, -0.1) is 11.3 Å². The highest BCUT2D eigenvalue weighted by Gasteiger charge is 2.43. The Morgan fingerprint density at radius 2 is 1.82 bits per heavy atom. The molecule has 1 aliphatic heterocycles. The number of allylic oxidation sites excluding steroid dienone is 1. The van der Waals surface area contributed by atoms with Crippen LogP contribution >= 0.6 is 11.3 Å². The molecule has 1 aliphatic rings. The Bertz CT molecular complexity index is 1070. The molecule has 0 N–H and O–H groups in total. The largest absolute Gasteiger partial charge is 0.496 e. The number of benzene rings is 1. The first-order valence-electron chi connectivity index (χ1n) is 14.7. The van der Waals surface area contributed by atoms with Crippen molar-refractivity contribution in [1.82, 2.24) is 9.80 Å². The lowest BCUT2D eigenvalue weighted by Gasteiger charge is -2.50. The summed E-state index contributed by atoms with van der Waals surface area (Å²) >= 11 is 1.94. The van der Waals surface area contributed by atoms with Crippen molar-refractivity contribution in [3.05, 3.63) is 62.4 Å². The number of rotatable bonds is 12. The molecular weight excluding hydrogens is 488 g/mol. The number of thiophene rings is 1. The van der Waals surface area contributed by atoms with Crippen LogP contribution < -0.4 is 4.74 Å². The predicted octanol–water partition coefficient (Wildman–Crippen LogP) is 7.92. The van der Waals surface area contributed by atoms with E-state index >= 15 is 0 Å². The van der Waals surface area contributed by atoms with Crippen molar-refractivity contribution in [3.8, 4) is 5.75 Å². The van der Waals surface area contributed by atoms with Gasteiger partial charge < -0.3 is 9.64 Å². The van der Waals surface area contributed by atoms with Crippen molar-refractivity contribution in [1.29, 1.82) is 0 Å². The third kappa shape index (κ3) is 6.71. The average Bonchev–Trinajstić information content (AvgIpc) is 3.37. The highest BCUT2D eigenvalue weighted by molar-refractivity contribution is 7.11. The lowest BCUT2D eigenvalue weighted by Crippen LogP contribution is -2.58. The molecule has 2 aromatic rings. The number of nitrogens with zero attached hydrogens (tertiary/aromatic N) is 2. The fourth-order valence-electron chi connectivity index (χ4n) is 6.37. The first-order chi connectivity index (χ1) is 18.2. The molecule has 2 heterocycles. The van der Waals surface area contributed by atoms with Crippen LogP contribution in [0.1, 0.15) is 99.6 Å². The molecule has 1 aromatic heterocycles. The molecule has 5 heteroatoms. The number of methoxy groups -OCH3 is 1. The molecule has 0 bridgehead atoms. The Kier molecular flexibility index (Phi) is 11.1. The summed E-state index contributed by atoms with van der Waals surface area (Å²) in [6.45, 7) is 19.1. The first-order valence-corrected chi connectivity index (χ1v) is 15.5. The van der Waals surface area contributed by atoms with Gasteiger partial charge in [-0.1, -0.05) is 45.4 Å². The maximum atomic E-state index is 13.5. The van der Waals surface area contributed by atoms with Crippen LogP contribution in [-0.4, -0.2) is 48.0 Å². The normalized spacial score (nSPS) is 16.9. The van der Waals surface area contributed by atoms with Crippen LogP contribution in [0.15, 0.2) is 35.9 Å². The minimum atomic E-state index is -0.236. The molecule has 4 nitrogen and oxygen atoms in total. The second kappa shape index (κ2) is 13.8. The topological polar surface area (TPSA) is 32.8 Å². The van der Waals surface area contributed by atoms with Gasteiger partial charge in [0.25, 0.3) is 0 Å². The summed E-state index contributed by atoms with van der Waals surface area (Å²) in [5.41, 5.74) is 4.95. The lowest BCUT2D eigenvalue weighted by atomic mass is 9.77. The standard InChI is InChI=1S/C33H50N2O2S/c1-9-13-31(36)35(12-4)33(16-18-34(19-17-33)23-29-15-14-28(11-3)38-29)26(7)22-25(6)32-27(10-2)20-24(5)21-30(32)37-8/h14-15,20-22,25H,9-13,16-19,23H2,1-8H3/b26-22+. The van der Waals surface area contributed by atoms with Crippen LogP contribution in [0.4, 0.5) is 0 Å². The molecule has 3 rings (SSSR count). The zero-order valence-electron chi connectivity index (χ0n) is 25.2. The van der Waals surface area contributed by atoms with Gasteiger partial charge in [0.05, 0.1) is 12.6 Å². The number of piperidine rings is 1. The van der Waals surface area contributed by atoms with Crippen LogP contribution in [-0.2, 0) is 24.2 Å². The minimum absolute atomic E-state index is 0.203. The number of ether oxygens (including phenoxy) is 1. The van der Waals surface area contributed by atoms with Gasteiger partial charge in [-0.3, -0.25) is 9.69 Å². The van der Waals surface area contributed by atoms with Crippen molar-refractivity contribution >= 4 is 17.2 Å². The van der Waals surface area contributed by atoms with Gasteiger partial charge in [0.15, 0.2) is 0 Å². The molecule has 38 heavy (non-hydrogen) atoms. The van der Waals surface area contributed by atoms with Crippen LogP contribution in [0.3, 0.4) is 0 Å². The van der Waals surface area contributed by atoms with Crippen LogP contribution in [0.5, 0.6) is 5.75 Å². The van der Waals surface area contributed by atoms with Crippen LogP contribution in [0.25, 0.3) is 0 Å². The second-order valence-corrected chi connectivity index (χ2v) is 12.2. The Morgan fingerprint density at radius 3 is 2.37 bits per heavy atom. The summed E-state index contributed by atoms with van der Waals surface area (Å²) in [6.07, 6.45) is 7.95. The number of carbonyl (C=O) groups is 1. The van der Waals surface area contributed by atoms with Gasteiger partial charge in [-0.2, -0.15) is 0 Å². The summed E-state index contributed by atoms with van der Waals surface area (Å²) in [5, 5.41) is 0. The summed E-state index contributed by atoms with van der Waals surface area (Å²) < 4.78 is 5.86. The van der Waals surface area contributed by atoms with E-state index in [2.05, 4.69) is 88.6 Å². The third-order valence-corrected chi connectivity index (χ3v) is 9.60. The van der Waals surface area contributed by atoms with E-state index < -0.39 is 0 Å². The van der Waals surface area contributed by atoms with Gasteiger partial charge >= 0.3 is 0 Å². The van der Waals surface area contributed by atoms with E-state index in [1.807, 2.05) is 11.3 Å². The quantitative estimate of drug-likeness (QED) is 0.257. The first kappa shape index (κ1) is 30.4. The number of aryl methyl sites for hydroxylation is 3. The predicted molar refractivity (Wildman–Crippen MR) is 163 cm³/mol. The van der Waals surface area contributed by atoms with Crippen molar-refractivity contribution in [3.63, 3.8) is 0 Å². The zero-order chi connectivity index (χ0) is 27.9. The summed E-state index contributed by atoms with van der Waals surface area (Å²) in [4.78, 5) is 21.1. The molecule has 0 spiro atoms. The number of carbonyl (C=O) groups excluding carboxylic acids is 1. The maximum Gasteiger partial charge on any atom is 0.223 e. The number of hydrogen-bond acceptors (Lipinski definition) is 4. The van der Waals surface area contributed by atoms with Crippen LogP contribution in [0, 0.1) is 6.92 Å². The van der Waals surface area contributed by atoms with E-state index in [0.29, 0.717) is 6.42 Å². The van der Waals surface area contributed by atoms with Gasteiger partial charge in [-0.05, 0) is 82.2 Å². The van der Waals surface area contributed by atoms with E-state index in [9.17, 15) is 4.79 Å². The van der Waals surface area contributed by atoms with Crippen molar-refractivity contribution in [2.24, 2.45) is 0 Å². The molecule has 1 atom stereocenters. The molecule has 1 amide bonds. The average molecular weight is 539 g/mol. The molecule has 0 radical (unpaired) electrons. The highest BCUT2D eigenvalue weighted by Crippen LogP contribution is 2.40. The molecule has 1 aromatic carbocycles. The monoisotopic (exact) mass is 538 g/mol. The fraction of sp³-hybridized carbons (Fsp3) is 0.606. The van der Waals surface area contributed by atoms with Crippen molar-refractivity contribution < 1.29 is 9.53 Å². The molecule has 1 saturated heterocycles. The minimum Gasteiger partial charge on any atom is -0.496 e. The fourth-order valence-corrected chi connectivity index (χ4v) is 7.37. The number of amides is 1. The van der Waals surface area contributed by atoms with E-state index in [0.717, 1.165) is 64.0 Å². The Hall–Kier alpha value is -2.11. The summed E-state index contributed by atoms with van der Waals surface area (Å²) in [6, 6.07) is 9.01. The molecule has 0 saturated carbocycles. The molecule has 1 unspecified atom stereocenters. The third-order valence-electron chi connectivity index (χ3n) is 8.39. The molecule has 0 aliphatic carbocycles. The number of likely N-dealkylation sites (N-methyl/N-ethyl adjacent to an activating group) is 1. The lowest BCUT2D eigenvalue weighted by molar-refractivity contribution is -0.138. The second-order valence-electron chi connectivity index (χ2n) is 10.9. The van der Waals surface area contributed by atoms with Gasteiger partial charge in [0, 0.05) is 53.8 Å². The summed E-state index contributed by atoms with van der Waals surface area (Å²) in [5.74, 6) is 1.46. The van der Waals surface area contributed by atoms with Crippen LogP contribution in [0.2, 0.25) is 0 Å². The van der Waals surface area contributed by atoms with Crippen molar-refractivity contribution in [2.45, 2.75) is 105 Å². The zero-order valence-corrected chi connectivity index (χ0v) is 26.0. The Balaban J connectivity index is 1.94. The maximum absolute atomic E-state index is 13.5. The Labute approximate surface area is 236 Å². The smallest absolute Gasteiger partial charge is 0.223 e. The van der Waals surface area contributed by atoms with Gasteiger partial charge in [-0.25, -0.2) is 0 Å². The molecular formula is C33H50N2O2S. The van der Waals surface area contributed by atoms with E-state index in [4.69, 9.17) is 4.74 Å². The van der Waals surface area contributed by atoms with E-state index in [1.54, 1.807) is 7.11 Å². The van der Waals surface area contributed by atoms with Crippen molar-refractivity contribution in [2.75, 3.05) is 26.7 Å². The van der Waals surface area contributed by atoms with E-state index in [1.165, 1.54) is 32.0 Å². The van der Waals surface area contributed by atoms with E-state index in [-0.39, 0.29) is 17.4 Å². The number of likely N-dealkylation sites (tertiary alicyclic amines) is 1. The van der Waals surface area contributed by atoms with Gasteiger partial charge in [0.1, 0.15) is 5.75 Å². The Morgan fingerprint density at radius 1 is 1.13 bits per heavy atom. The summed E-state index contributed by atoms with van der Waals surface area (Å²) in [7, 11) is 1.78. The number of hydrogen-bond donors (Lipinski definition) is 0. The molecule has 1 fully saturated rings. The molecule has 210 valence electrons. The van der Waals surface area contributed by atoms with Gasteiger partial charge in [0.2, 0.25) is 5.91 Å². The highest BCUT2D eigenvalue weighted by atomic mass is 32.1.